The van der Waals surface area contributed by atoms with E-state index >= 15 is 4.79 Å². The fraction of sp³-hybridized carbons (Fsp3) is 0.412. The van der Waals surface area contributed by atoms with Gasteiger partial charge < -0.3 is 47.4 Å². The zero-order valence-corrected chi connectivity index (χ0v) is 39.0. The van der Waals surface area contributed by atoms with Gasteiger partial charge in [0.2, 0.25) is 5.60 Å². The topological polar surface area (TPSA) is 229 Å². The summed E-state index contributed by atoms with van der Waals surface area (Å²) in [5.74, 6) is -6.81. The minimum absolute atomic E-state index is 0.0283. The van der Waals surface area contributed by atoms with Crippen LogP contribution in [-0.4, -0.2) is 109 Å². The molecule has 2 heterocycles. The first kappa shape index (κ1) is 48.1. The number of carbonyl (C=O) groups excluding carboxylic acids is 8. The molecule has 5 aliphatic rings. The number of ketones is 1. The first-order chi connectivity index (χ1) is 32.7. The van der Waals surface area contributed by atoms with Crippen molar-refractivity contribution in [3.05, 3.63) is 113 Å². The van der Waals surface area contributed by atoms with Crippen LogP contribution in [0, 0.1) is 16.7 Å². The molecule has 0 unspecified atom stereocenters. The van der Waals surface area contributed by atoms with Crippen LogP contribution in [0.1, 0.15) is 81.2 Å². The monoisotopic (exact) mass is 950 g/mol. The zero-order chi connectivity index (χ0) is 49.8. The van der Waals surface area contributed by atoms with E-state index in [0.29, 0.717) is 16.9 Å². The van der Waals surface area contributed by atoms with Crippen molar-refractivity contribution < 1.29 is 85.7 Å². The smallest absolute Gasteiger partial charge is 0.497 e. The lowest BCUT2D eigenvalue weighted by Gasteiger charge is -2.67. The van der Waals surface area contributed by atoms with Gasteiger partial charge in [0, 0.05) is 38.7 Å². The van der Waals surface area contributed by atoms with Gasteiger partial charge in [-0.2, -0.15) is 0 Å². The molecule has 2 saturated heterocycles. The quantitative estimate of drug-likeness (QED) is 0.0720. The Morgan fingerprint density at radius 1 is 0.739 bits per heavy atom. The fourth-order valence-corrected chi connectivity index (χ4v) is 11.0. The maximum Gasteiger partial charge on any atom is 0.509 e. The molecule has 8 rings (SSSR count). The Labute approximate surface area is 396 Å². The molecule has 0 N–H and O–H groups in total. The van der Waals surface area contributed by atoms with Crippen LogP contribution in [0.4, 0.5) is 4.79 Å². The summed E-state index contributed by atoms with van der Waals surface area (Å²) >= 11 is 0. The van der Waals surface area contributed by atoms with Gasteiger partial charge >= 0.3 is 42.0 Å². The SMILES string of the molecule is COc1ccc(C(=O)Oc2ccc(/C=C/C(=O)O[C@H]3C[C@H]4OC[C@@]4(OC(C)=O)[C@H]4[C@H](OC(=O)c5ccccc5)[C@]56OC(=O)O[C@H]5[C@H](OC(C)=O)C(C)=C([C@@H](OC(C)=O)C(=O)[C@]34C)C6(C)C)cc2)cc1. The molecule has 0 aromatic heterocycles. The van der Waals surface area contributed by atoms with Crippen LogP contribution in [-0.2, 0) is 61.9 Å². The van der Waals surface area contributed by atoms with Crippen molar-refractivity contribution in [1.82, 2.24) is 0 Å². The third-order valence-electron chi connectivity index (χ3n) is 14.0. The number of hydrogen-bond donors (Lipinski definition) is 0. The number of Topliss-reactive ketones (excluding diaryl/α,β-unsaturated/α-hetero) is 1. The number of methoxy groups -OCH3 is 1. The van der Waals surface area contributed by atoms with E-state index in [1.165, 1.54) is 51.3 Å². The van der Waals surface area contributed by atoms with Gasteiger partial charge in [0.25, 0.3) is 0 Å². The van der Waals surface area contributed by atoms with Gasteiger partial charge in [0.15, 0.2) is 35.8 Å². The number of hydrogen-bond acceptors (Lipinski definition) is 18. The second-order valence-electron chi connectivity index (χ2n) is 18.3. The first-order valence-electron chi connectivity index (χ1n) is 22.1. The van der Waals surface area contributed by atoms with Crippen LogP contribution in [0.15, 0.2) is 96.1 Å². The van der Waals surface area contributed by atoms with E-state index in [4.69, 9.17) is 47.4 Å². The number of esters is 6. The Hall–Kier alpha value is -7.34. The second-order valence-corrected chi connectivity index (χ2v) is 18.3. The summed E-state index contributed by atoms with van der Waals surface area (Å²) in [6, 6.07) is 20.4. The molecule has 3 aliphatic carbocycles. The molecule has 4 fully saturated rings. The average molecular weight is 951 g/mol. The maximum absolute atomic E-state index is 16.1. The van der Waals surface area contributed by atoms with Gasteiger partial charge in [-0.15, -0.1) is 0 Å². The molecule has 18 nitrogen and oxygen atoms in total. The molecule has 0 amide bonds. The molecule has 3 aromatic rings. The highest BCUT2D eigenvalue weighted by Crippen LogP contribution is 2.67. The van der Waals surface area contributed by atoms with Crippen LogP contribution in [0.2, 0.25) is 0 Å². The van der Waals surface area contributed by atoms with Gasteiger partial charge in [-0.05, 0) is 85.2 Å². The highest BCUT2D eigenvalue weighted by atomic mass is 16.8. The van der Waals surface area contributed by atoms with Gasteiger partial charge in [-0.25, -0.2) is 19.2 Å². The standard InChI is InChI=1S/C51H50O18/c1-26-38-40(63-28(3)53)42(56)49(7)35(65-37(55)23-16-30-14-19-34(20-15-30)64-45(57)32-17-21-33(60-8)22-18-32)24-36-50(25-61-36,68-29(4)54)41(49)44(66-46(58)31-12-10-9-11-13-31)51(48(38,5)6)43(67-47(59)69-51)39(26)62-27(2)52/h9-23,35-36,39-41,43-44H,24-25H2,1-8H3/b23-16+/t35-,36+,39+,40+,41-,43-,44-,49+,50-,51+/m0/s1. The van der Waals surface area contributed by atoms with Crippen molar-refractivity contribution in [3.8, 4) is 11.5 Å². The molecule has 2 bridgehead atoms. The summed E-state index contributed by atoms with van der Waals surface area (Å²) in [6.07, 6.45) is -8.48. The summed E-state index contributed by atoms with van der Waals surface area (Å²) in [5, 5.41) is 0. The molecule has 69 heavy (non-hydrogen) atoms. The van der Waals surface area contributed by atoms with E-state index in [1.807, 2.05) is 0 Å². The Bertz CT molecular complexity index is 2670. The number of benzene rings is 3. The van der Waals surface area contributed by atoms with E-state index in [9.17, 15) is 33.6 Å². The van der Waals surface area contributed by atoms with E-state index in [1.54, 1.807) is 68.4 Å². The number of rotatable bonds is 11. The first-order valence-corrected chi connectivity index (χ1v) is 22.1. The molecule has 1 spiro atoms. The Balaban J connectivity index is 1.25. The van der Waals surface area contributed by atoms with E-state index in [2.05, 4.69) is 0 Å². The average Bonchev–Trinajstić information content (AvgIpc) is 3.67. The van der Waals surface area contributed by atoms with Crippen molar-refractivity contribution in [2.75, 3.05) is 13.7 Å². The Kier molecular flexibility index (Phi) is 12.5. The molecule has 10 atom stereocenters. The molecule has 0 radical (unpaired) electrons. The van der Waals surface area contributed by atoms with Gasteiger partial charge in [-0.3, -0.25) is 19.2 Å². The predicted molar refractivity (Wildman–Crippen MR) is 236 cm³/mol. The Morgan fingerprint density at radius 2 is 1.38 bits per heavy atom. The van der Waals surface area contributed by atoms with Crippen LogP contribution in [0.3, 0.4) is 0 Å². The third kappa shape index (κ3) is 8.09. The van der Waals surface area contributed by atoms with Crippen LogP contribution < -0.4 is 9.47 Å². The van der Waals surface area contributed by atoms with Crippen LogP contribution >= 0.6 is 0 Å². The maximum atomic E-state index is 16.1. The molecule has 3 aromatic carbocycles. The lowest BCUT2D eigenvalue weighted by Crippen LogP contribution is -2.83. The largest absolute Gasteiger partial charge is 0.509 e. The van der Waals surface area contributed by atoms with Crippen LogP contribution in [0.25, 0.3) is 6.08 Å². The zero-order valence-electron chi connectivity index (χ0n) is 39.0. The summed E-state index contributed by atoms with van der Waals surface area (Å²) in [5.41, 5.74) is -7.00. The second kappa shape index (κ2) is 18.0. The number of ether oxygens (including phenoxy) is 10. The highest BCUT2D eigenvalue weighted by Gasteiger charge is 2.83. The number of carbonyl (C=O) groups is 8. The molecule has 2 aliphatic heterocycles. The van der Waals surface area contributed by atoms with Crippen molar-refractivity contribution in [2.45, 2.75) is 103 Å². The lowest BCUT2D eigenvalue weighted by molar-refractivity contribution is -0.346. The Morgan fingerprint density at radius 3 is 1.97 bits per heavy atom. The fourth-order valence-electron chi connectivity index (χ4n) is 11.0. The van der Waals surface area contributed by atoms with E-state index in [-0.39, 0.29) is 35.5 Å². The van der Waals surface area contributed by atoms with E-state index < -0.39 is 112 Å². The van der Waals surface area contributed by atoms with Gasteiger partial charge in [0.05, 0.1) is 36.2 Å². The van der Waals surface area contributed by atoms with Crippen molar-refractivity contribution in [3.63, 3.8) is 0 Å². The lowest BCUT2D eigenvalue weighted by atomic mass is 9.44. The van der Waals surface area contributed by atoms with Crippen molar-refractivity contribution in [1.29, 1.82) is 0 Å². The molecule has 362 valence electrons. The summed E-state index contributed by atoms with van der Waals surface area (Å²) in [4.78, 5) is 111. The minimum atomic E-state index is -2.28. The predicted octanol–water partition coefficient (Wildman–Crippen LogP) is 5.87. The molecule has 2 saturated carbocycles. The third-order valence-corrected chi connectivity index (χ3v) is 14.0. The normalized spacial score (nSPS) is 30.5. The van der Waals surface area contributed by atoms with Crippen LogP contribution in [0.5, 0.6) is 11.5 Å². The molecular weight excluding hydrogens is 901 g/mol. The van der Waals surface area contributed by atoms with Gasteiger partial charge in [0.1, 0.15) is 23.7 Å². The summed E-state index contributed by atoms with van der Waals surface area (Å²) < 4.78 is 59.9. The molecule has 18 heteroatoms. The van der Waals surface area contributed by atoms with E-state index in [0.717, 1.165) is 26.8 Å². The van der Waals surface area contributed by atoms with Crippen molar-refractivity contribution in [2.24, 2.45) is 16.7 Å². The number of fused-ring (bicyclic) bond motifs is 4. The summed E-state index contributed by atoms with van der Waals surface area (Å²) in [6.45, 7) is 9.07. The minimum Gasteiger partial charge on any atom is -0.497 e. The summed E-state index contributed by atoms with van der Waals surface area (Å²) in [7, 11) is 1.51. The molecular formula is C51H50O18. The van der Waals surface area contributed by atoms with Gasteiger partial charge in [-0.1, -0.05) is 44.2 Å². The highest BCUT2D eigenvalue weighted by molar-refractivity contribution is 5.97. The van der Waals surface area contributed by atoms with Crippen molar-refractivity contribution >= 4 is 53.8 Å².